The quantitative estimate of drug-likeness (QED) is 0.578. The lowest BCUT2D eigenvalue weighted by atomic mass is 10.00. The highest BCUT2D eigenvalue weighted by atomic mass is 32.1. The molecule has 1 heteroatoms. The van der Waals surface area contributed by atoms with Crippen LogP contribution in [0.5, 0.6) is 0 Å². The Morgan fingerprint density at radius 3 is 1.67 bits per heavy atom. The Morgan fingerprint density at radius 2 is 1.44 bits per heavy atom. The van der Waals surface area contributed by atoms with Crippen molar-refractivity contribution in [3.05, 3.63) is 0 Å². The summed E-state index contributed by atoms with van der Waals surface area (Å²) in [6.07, 6.45) is 4.98. The van der Waals surface area contributed by atoms with Gasteiger partial charge in [0.15, 0.2) is 0 Å². The molecule has 0 aromatic rings. The maximum Gasteiger partial charge on any atom is 0.0101 e. The molecule has 0 saturated carbocycles. The van der Waals surface area contributed by atoms with Gasteiger partial charge in [0, 0.05) is 4.75 Å². The van der Waals surface area contributed by atoms with E-state index in [4.69, 9.17) is 0 Å². The van der Waals surface area contributed by atoms with Crippen molar-refractivity contribution in [3.63, 3.8) is 0 Å². The fourth-order valence-electron chi connectivity index (χ4n) is 1.20. The van der Waals surface area contributed by atoms with Gasteiger partial charge in [0.25, 0.3) is 0 Å². The van der Waals surface area contributed by atoms with E-state index in [0.717, 1.165) is 0 Å². The molecule has 0 atom stereocenters. The van der Waals surface area contributed by atoms with Gasteiger partial charge >= 0.3 is 0 Å². The highest BCUT2D eigenvalue weighted by Gasteiger charge is 2.15. The van der Waals surface area contributed by atoms with Gasteiger partial charge in [-0.3, -0.25) is 0 Å². The lowest BCUT2D eigenvalue weighted by Gasteiger charge is -2.21. The normalized spacial score (nSPS) is 12.0. The Hall–Kier alpha value is 0.350. The minimum Gasteiger partial charge on any atom is -0.173 e. The Morgan fingerprint density at radius 1 is 1.11 bits per heavy atom. The Kier molecular flexibility index (Phi) is 4.37. The zero-order valence-electron chi connectivity index (χ0n) is 6.78. The van der Waals surface area contributed by atoms with E-state index in [1.54, 1.807) is 0 Å². The Balaban J connectivity index is 3.43. The first-order valence-corrected chi connectivity index (χ1v) is 4.29. The van der Waals surface area contributed by atoms with Crippen LogP contribution >= 0.6 is 12.6 Å². The van der Waals surface area contributed by atoms with Crippen molar-refractivity contribution in [1.82, 2.24) is 0 Å². The average Bonchev–Trinajstić information content (AvgIpc) is 1.64. The maximum absolute atomic E-state index is 4.55. The van der Waals surface area contributed by atoms with E-state index in [2.05, 4.69) is 33.4 Å². The zero-order chi connectivity index (χ0) is 7.33. The predicted octanol–water partition coefficient (Wildman–Crippen LogP) is 3.28. The van der Waals surface area contributed by atoms with Crippen LogP contribution in [0.4, 0.5) is 0 Å². The van der Waals surface area contributed by atoms with E-state index >= 15 is 0 Å². The van der Waals surface area contributed by atoms with Crippen LogP contribution in [0.25, 0.3) is 0 Å². The third-order valence-electron chi connectivity index (χ3n) is 1.58. The zero-order valence-corrected chi connectivity index (χ0v) is 7.67. The number of hydrogen-bond donors (Lipinski definition) is 1. The molecule has 0 aromatic heterocycles. The summed E-state index contributed by atoms with van der Waals surface area (Å²) in [5.41, 5.74) is 0. The average molecular weight is 146 g/mol. The number of hydrogen-bond acceptors (Lipinski definition) is 1. The highest BCUT2D eigenvalue weighted by molar-refractivity contribution is 7.81. The fourth-order valence-corrected chi connectivity index (χ4v) is 1.65. The van der Waals surface area contributed by atoms with Crippen LogP contribution < -0.4 is 0 Å². The third-order valence-corrected chi connectivity index (χ3v) is 2.02. The summed E-state index contributed by atoms with van der Waals surface area (Å²) in [6, 6.07) is 0. The summed E-state index contributed by atoms with van der Waals surface area (Å²) in [6.45, 7) is 6.65. The van der Waals surface area contributed by atoms with Crippen LogP contribution in [0.3, 0.4) is 0 Å². The first-order chi connectivity index (χ1) is 4.12. The van der Waals surface area contributed by atoms with Crippen LogP contribution in [-0.2, 0) is 0 Å². The van der Waals surface area contributed by atoms with Crippen LogP contribution in [0, 0.1) is 0 Å². The maximum atomic E-state index is 4.55. The summed E-state index contributed by atoms with van der Waals surface area (Å²) in [4.78, 5) is 0. The fraction of sp³-hybridized carbons (Fsp3) is 1.00. The molecule has 0 spiro atoms. The molecule has 0 aromatic carbocycles. The summed E-state index contributed by atoms with van der Waals surface area (Å²) >= 11 is 4.55. The minimum atomic E-state index is 0.295. The second-order valence-electron chi connectivity index (χ2n) is 3.00. The molecule has 0 bridgehead atoms. The molecule has 0 nitrogen and oxygen atoms in total. The first kappa shape index (κ1) is 9.35. The van der Waals surface area contributed by atoms with E-state index in [0.29, 0.717) is 4.75 Å². The molecule has 0 aliphatic rings. The molecule has 0 aliphatic carbocycles. The summed E-state index contributed by atoms with van der Waals surface area (Å²) < 4.78 is 0.295. The van der Waals surface area contributed by atoms with E-state index in [-0.39, 0.29) is 0 Å². The molecule has 0 saturated heterocycles. The van der Waals surface area contributed by atoms with Crippen molar-refractivity contribution in [2.24, 2.45) is 0 Å². The SMILES string of the molecule is CCCC(C)(S)CCC. The summed E-state index contributed by atoms with van der Waals surface area (Å²) in [5.74, 6) is 0. The molecule has 0 N–H and O–H groups in total. The van der Waals surface area contributed by atoms with E-state index in [9.17, 15) is 0 Å². The van der Waals surface area contributed by atoms with Crippen LogP contribution in [0.1, 0.15) is 46.5 Å². The van der Waals surface area contributed by atoms with Gasteiger partial charge in [-0.1, -0.05) is 33.6 Å². The molecular weight excluding hydrogens is 128 g/mol. The lowest BCUT2D eigenvalue weighted by molar-refractivity contribution is 0.532. The molecule has 0 aliphatic heterocycles. The topological polar surface area (TPSA) is 0 Å². The van der Waals surface area contributed by atoms with Crippen molar-refractivity contribution in [3.8, 4) is 0 Å². The van der Waals surface area contributed by atoms with Gasteiger partial charge in [0.1, 0.15) is 0 Å². The molecule has 9 heavy (non-hydrogen) atoms. The van der Waals surface area contributed by atoms with Gasteiger partial charge in [0.2, 0.25) is 0 Å². The molecule has 0 fully saturated rings. The molecule has 0 heterocycles. The van der Waals surface area contributed by atoms with Gasteiger partial charge in [-0.2, -0.15) is 12.6 Å². The second kappa shape index (κ2) is 4.21. The van der Waals surface area contributed by atoms with Gasteiger partial charge in [0.05, 0.1) is 0 Å². The molecule has 0 unspecified atom stereocenters. The molecule has 0 amide bonds. The number of rotatable bonds is 4. The van der Waals surface area contributed by atoms with Crippen molar-refractivity contribution in [2.75, 3.05) is 0 Å². The predicted molar refractivity (Wildman–Crippen MR) is 47.2 cm³/mol. The molecular formula is C8H18S. The lowest BCUT2D eigenvalue weighted by Crippen LogP contribution is -2.14. The van der Waals surface area contributed by atoms with E-state index in [1.165, 1.54) is 25.7 Å². The summed E-state index contributed by atoms with van der Waals surface area (Å²) in [7, 11) is 0. The van der Waals surface area contributed by atoms with Gasteiger partial charge < -0.3 is 0 Å². The molecule has 56 valence electrons. The largest absolute Gasteiger partial charge is 0.173 e. The smallest absolute Gasteiger partial charge is 0.0101 e. The second-order valence-corrected chi connectivity index (χ2v) is 4.08. The summed E-state index contributed by atoms with van der Waals surface area (Å²) in [5, 5.41) is 0. The van der Waals surface area contributed by atoms with Gasteiger partial charge in [-0.05, 0) is 12.8 Å². The van der Waals surface area contributed by atoms with Crippen LogP contribution in [-0.4, -0.2) is 4.75 Å². The standard InChI is InChI=1S/C8H18S/c1-4-6-8(3,9)7-5-2/h9H,4-7H2,1-3H3. The van der Waals surface area contributed by atoms with E-state index in [1.807, 2.05) is 0 Å². The van der Waals surface area contributed by atoms with Gasteiger partial charge in [-0.25, -0.2) is 0 Å². The van der Waals surface area contributed by atoms with Crippen molar-refractivity contribution >= 4 is 12.6 Å². The van der Waals surface area contributed by atoms with Gasteiger partial charge in [-0.15, -0.1) is 0 Å². The van der Waals surface area contributed by atoms with Crippen molar-refractivity contribution < 1.29 is 0 Å². The van der Waals surface area contributed by atoms with Crippen molar-refractivity contribution in [2.45, 2.75) is 51.2 Å². The van der Waals surface area contributed by atoms with Crippen LogP contribution in [0.15, 0.2) is 0 Å². The van der Waals surface area contributed by atoms with Crippen molar-refractivity contribution in [1.29, 1.82) is 0 Å². The molecule has 0 radical (unpaired) electrons. The van der Waals surface area contributed by atoms with Crippen LogP contribution in [0.2, 0.25) is 0 Å². The Bertz CT molecular complexity index is 59.0. The third kappa shape index (κ3) is 4.83. The Labute approximate surface area is 64.4 Å². The monoisotopic (exact) mass is 146 g/mol. The molecule has 0 rings (SSSR count). The first-order valence-electron chi connectivity index (χ1n) is 3.84. The van der Waals surface area contributed by atoms with E-state index < -0.39 is 0 Å². The number of thiol groups is 1. The minimum absolute atomic E-state index is 0.295. The highest BCUT2D eigenvalue weighted by Crippen LogP contribution is 2.25.